The minimum absolute atomic E-state index is 0.0128. The Labute approximate surface area is 540 Å². The Morgan fingerprint density at radius 3 is 2.22 bits per heavy atom. The minimum Gasteiger partial charge on any atom is -0.756 e. The van der Waals surface area contributed by atoms with Crippen LogP contribution in [0.1, 0.15) is 96.1 Å². The molecule has 2 aromatic heterocycles. The topological polar surface area (TPSA) is 503 Å². The zero-order valence-corrected chi connectivity index (χ0v) is 55.8. The van der Waals surface area contributed by atoms with E-state index < -0.39 is 104 Å². The Morgan fingerprint density at radius 2 is 1.56 bits per heavy atom. The zero-order valence-electron chi connectivity index (χ0n) is 49.9. The molecule has 3 aliphatic heterocycles. The Balaban J connectivity index is 0.910. The van der Waals surface area contributed by atoms with Crippen LogP contribution >= 0.6 is 35.5 Å². The molecular weight excluding hydrogens is 1380 g/mol. The number of nitrogens with zero attached hydrogens (tertiary/aromatic N) is 4. The van der Waals surface area contributed by atoms with Gasteiger partial charge < -0.3 is 68.3 Å². The number of anilines is 2. The van der Waals surface area contributed by atoms with Gasteiger partial charge >= 0.3 is 0 Å². The molecule has 0 spiro atoms. The van der Waals surface area contributed by atoms with Gasteiger partial charge in [-0.3, -0.25) is 33.3 Å². The summed E-state index contributed by atoms with van der Waals surface area (Å²) in [5.74, 6) is 4.95. The fourth-order valence-corrected chi connectivity index (χ4v) is 17.3. The lowest BCUT2D eigenvalue weighted by atomic mass is 9.79. The molecule has 9 rings (SSSR count). The third-order valence-corrected chi connectivity index (χ3v) is 22.5. The lowest BCUT2D eigenvalue weighted by Gasteiger charge is -2.32. The second-order valence-corrected chi connectivity index (χ2v) is 31.6. The summed E-state index contributed by atoms with van der Waals surface area (Å²) in [6, 6.07) is 10.5. The number of nitrogens with two attached hydrogens (primary N) is 1. The summed E-state index contributed by atoms with van der Waals surface area (Å²) in [5.41, 5.74) is 7.20. The van der Waals surface area contributed by atoms with Crippen LogP contribution in [0.5, 0.6) is 0 Å². The van der Waals surface area contributed by atoms with Crippen LogP contribution in [0.15, 0.2) is 115 Å². The second kappa shape index (κ2) is 27.3. The number of allylic oxidation sites excluding steroid dienone is 6. The fraction of sp³-hybridized carbons (Fsp3) is 0.345. The number of hydrogen-bond acceptors (Lipinski definition) is 28. The van der Waals surface area contributed by atoms with Gasteiger partial charge in [-0.2, -0.15) is 13.9 Å². The lowest BCUT2D eigenvalue weighted by molar-refractivity contribution is -0.777. The van der Waals surface area contributed by atoms with Crippen molar-refractivity contribution in [2.75, 3.05) is 36.9 Å². The highest BCUT2D eigenvalue weighted by atomic mass is 32.2. The molecule has 94 heavy (non-hydrogen) atoms. The summed E-state index contributed by atoms with van der Waals surface area (Å²) >= 11 is 0.451. The van der Waals surface area contributed by atoms with Crippen LogP contribution in [0.4, 0.5) is 17.3 Å². The largest absolute Gasteiger partial charge is 0.756 e. The summed E-state index contributed by atoms with van der Waals surface area (Å²) in [4.78, 5) is 75.8. The number of unbranched alkanes of at least 4 members (excludes halogenated alkanes) is 2. The van der Waals surface area contributed by atoms with Crippen molar-refractivity contribution >= 4 is 127 Å². The van der Waals surface area contributed by atoms with E-state index in [0.717, 1.165) is 23.5 Å². The van der Waals surface area contributed by atoms with Crippen LogP contribution in [0.25, 0.3) is 32.6 Å². The number of aromatic nitrogens is 3. The SMILES string of the molecule is CCN1C(=CC=CC=CC2=[N+](CCCCCC(=O)NCC#Cc3cn(C4CCC(COP(=O)([O-])OP(=O)([O-])OP(=O)([O-])O)O4)c4nc(N)[nH]c(=O)c34)c3ccc4c(S(=O)(=O)[O-])cc(S(=O)(=O)[O-])cc4c3C2(C)C)C(C)(C)c2c1ccc1c(SOO[O-])cc(S(=O)(=O)[O-])cc21. The summed E-state index contributed by atoms with van der Waals surface area (Å²) in [5, 5.41) is 17.8. The van der Waals surface area contributed by atoms with Gasteiger partial charge in [-0.15, -0.1) is 0 Å². The number of H-pyrrole nitrogens is 1. The molecule has 3 aliphatic rings. The normalized spacial score (nSPS) is 19.7. The van der Waals surface area contributed by atoms with E-state index in [-0.39, 0.29) is 69.9 Å². The molecule has 506 valence electrons. The number of phosphoric acid groups is 3. The first-order valence-corrected chi connectivity index (χ1v) is 37.4. The summed E-state index contributed by atoms with van der Waals surface area (Å²) < 4.78 is 172. The van der Waals surface area contributed by atoms with Crippen LogP contribution in [-0.2, 0) is 86.9 Å². The number of nitrogens with one attached hydrogen (secondary N) is 2. The van der Waals surface area contributed by atoms with Crippen molar-refractivity contribution in [3.63, 3.8) is 0 Å². The van der Waals surface area contributed by atoms with Crippen molar-refractivity contribution in [3.05, 3.63) is 118 Å². The molecule has 1 fully saturated rings. The number of amides is 1. The molecule has 32 nitrogen and oxygen atoms in total. The average molecular weight is 1440 g/mol. The smallest absolute Gasteiger partial charge is 0.280 e. The number of carbonyl (C=O) groups is 1. The van der Waals surface area contributed by atoms with Crippen molar-refractivity contribution in [1.29, 1.82) is 0 Å². The highest BCUT2D eigenvalue weighted by molar-refractivity contribution is 7.94. The molecule has 1 amide bonds. The Hall–Kier alpha value is -6.33. The number of carbonyl (C=O) groups excluding carboxylic acids is 1. The first-order valence-electron chi connectivity index (χ1n) is 28.0. The predicted octanol–water partition coefficient (Wildman–Crippen LogP) is 3.60. The first kappa shape index (κ1) is 72.0. The molecule has 0 aliphatic carbocycles. The Morgan fingerprint density at radius 1 is 0.883 bits per heavy atom. The first-order chi connectivity index (χ1) is 43.8. The lowest BCUT2D eigenvalue weighted by Crippen LogP contribution is -2.28. The summed E-state index contributed by atoms with van der Waals surface area (Å²) in [6.45, 7) is 9.13. The molecular formula is C55H56N7O25P3S4-6. The number of ether oxygens (including phenoxy) is 1. The average Bonchev–Trinajstić information content (AvgIpc) is 1.53. The van der Waals surface area contributed by atoms with Crippen LogP contribution in [0.3, 0.4) is 0 Å². The van der Waals surface area contributed by atoms with Crippen molar-refractivity contribution in [2.45, 2.75) is 116 Å². The van der Waals surface area contributed by atoms with E-state index in [1.807, 2.05) is 42.4 Å². The fourth-order valence-electron chi connectivity index (χ4n) is 11.9. The molecule has 0 saturated carbocycles. The molecule has 1 saturated heterocycles. The number of aromatic amines is 1. The van der Waals surface area contributed by atoms with E-state index >= 15 is 0 Å². The van der Waals surface area contributed by atoms with E-state index in [4.69, 9.17) is 15.4 Å². The van der Waals surface area contributed by atoms with Gasteiger partial charge in [0.2, 0.25) is 17.5 Å². The maximum absolute atomic E-state index is 13.2. The molecule has 6 aromatic rings. The molecule has 39 heteroatoms. The number of likely N-dealkylation sites (N-methyl/N-ethyl adjacent to an activating group) is 1. The van der Waals surface area contributed by atoms with Crippen LogP contribution in [0.2, 0.25) is 0 Å². The maximum Gasteiger partial charge on any atom is 0.280 e. The molecule has 5 N–H and O–H groups in total. The van der Waals surface area contributed by atoms with Crippen molar-refractivity contribution in [3.8, 4) is 11.8 Å². The van der Waals surface area contributed by atoms with Gasteiger partial charge in [0, 0.05) is 70.4 Å². The highest BCUT2D eigenvalue weighted by Crippen LogP contribution is 2.62. The van der Waals surface area contributed by atoms with Gasteiger partial charge in [0.1, 0.15) is 43.1 Å². The van der Waals surface area contributed by atoms with Gasteiger partial charge in [-0.25, -0.2) is 33.9 Å². The second-order valence-electron chi connectivity index (χ2n) is 22.5. The minimum atomic E-state index is -6.14. The van der Waals surface area contributed by atoms with Crippen molar-refractivity contribution in [2.24, 2.45) is 0 Å². The van der Waals surface area contributed by atoms with Crippen molar-refractivity contribution in [1.82, 2.24) is 19.9 Å². The molecule has 0 radical (unpaired) electrons. The van der Waals surface area contributed by atoms with Crippen LogP contribution < -0.4 is 41.4 Å². The monoisotopic (exact) mass is 1440 g/mol. The van der Waals surface area contributed by atoms with Gasteiger partial charge in [-0.05, 0) is 111 Å². The molecule has 5 atom stereocenters. The summed E-state index contributed by atoms with van der Waals surface area (Å²) in [7, 11) is -33.5. The van der Waals surface area contributed by atoms with E-state index in [1.165, 1.54) is 22.9 Å². The van der Waals surface area contributed by atoms with E-state index in [1.54, 1.807) is 50.3 Å². The quantitative estimate of drug-likeness (QED) is 0.00732. The van der Waals surface area contributed by atoms with E-state index in [9.17, 15) is 82.1 Å². The third kappa shape index (κ3) is 15.7. The number of nitrogen functional groups attached to an aromatic ring is 1. The molecule has 5 unspecified atom stereocenters. The van der Waals surface area contributed by atoms with E-state index in [0.29, 0.717) is 83.8 Å². The standard InChI is InChI=1S/C55H62N7O25P3S4/c1-6-60-40-21-19-36-38(26-34(92(73,74)75)28-42(36)91-85-84-65)49(40)54(2,3)44(60)15-9-7-10-16-45-55(4,5)50-39-27-35(93(76,77)78)29-43(94(79,80)81)37(39)20-22-41(50)61(45)25-12-8-11-17-46(63)57-24-13-14-32-30-62(51-48(32)52(64)59-53(56)58-51)47-23-18-33(83-47)31-82-89(69,70)87-90(71,72)86-88(66,67)68/h7,9-10,15-16,19-22,26-30,33,47H,6,8,11-12,17-18,23-25,31H2,1-5H3,(H11-,56,57,58,59,63,64,65,66,67,68,69,70,71,72,73,74,75,76,77,78,79,80,81)/p-6. The molecule has 0 bridgehead atoms. The Kier molecular flexibility index (Phi) is 20.9. The van der Waals surface area contributed by atoms with Gasteiger partial charge in [-0.1, -0.05) is 50.0 Å². The van der Waals surface area contributed by atoms with Gasteiger partial charge in [0.05, 0.1) is 62.3 Å². The van der Waals surface area contributed by atoms with Gasteiger partial charge in [0.25, 0.3) is 29.0 Å². The number of benzene rings is 4. The number of phosphoric ester groups is 1. The number of hydrogen-bond donors (Lipinski definition) is 4. The predicted molar refractivity (Wildman–Crippen MR) is 324 cm³/mol. The third-order valence-electron chi connectivity index (χ3n) is 15.6. The number of rotatable bonds is 25. The molecule has 5 heterocycles. The summed E-state index contributed by atoms with van der Waals surface area (Å²) in [6.07, 6.45) is 9.98. The van der Waals surface area contributed by atoms with Gasteiger partial charge in [0.15, 0.2) is 11.4 Å². The molecule has 4 aromatic carbocycles. The zero-order chi connectivity index (χ0) is 68.9. The van der Waals surface area contributed by atoms with Crippen LogP contribution in [0, 0.1) is 11.8 Å². The van der Waals surface area contributed by atoms with Crippen LogP contribution in [-0.4, -0.2) is 107 Å². The number of fused-ring (bicyclic) bond motifs is 7. The highest BCUT2D eigenvalue weighted by Gasteiger charge is 2.46. The Bertz CT molecular complexity index is 4860. The van der Waals surface area contributed by atoms with E-state index in [2.05, 4.69) is 49.6 Å². The maximum atomic E-state index is 13.2. The van der Waals surface area contributed by atoms with Crippen molar-refractivity contribution < 1.29 is 114 Å².